The van der Waals surface area contributed by atoms with Crippen molar-refractivity contribution in [2.75, 3.05) is 0 Å². The molecule has 1 N–H and O–H groups in total. The van der Waals surface area contributed by atoms with E-state index in [1.165, 1.54) is 6.20 Å². The molecule has 0 atom stereocenters. The van der Waals surface area contributed by atoms with Crippen molar-refractivity contribution in [2.45, 2.75) is 6.92 Å². The molecule has 2 aromatic heterocycles. The van der Waals surface area contributed by atoms with Crippen LogP contribution in [0.2, 0.25) is 5.15 Å². The van der Waals surface area contributed by atoms with Crippen molar-refractivity contribution in [2.24, 2.45) is 0 Å². The highest BCUT2D eigenvalue weighted by molar-refractivity contribution is 6.32. The molecule has 2 heterocycles. The molecule has 6 nitrogen and oxygen atoms in total. The lowest BCUT2D eigenvalue weighted by atomic mass is 10.2. The van der Waals surface area contributed by atoms with E-state index in [1.54, 1.807) is 6.92 Å². The largest absolute Gasteiger partial charge is 0.477 e. The van der Waals surface area contributed by atoms with Crippen LogP contribution in [-0.2, 0) is 0 Å². The fourth-order valence-corrected chi connectivity index (χ4v) is 1.29. The summed E-state index contributed by atoms with van der Waals surface area (Å²) in [6.45, 7) is 1.63. The van der Waals surface area contributed by atoms with Crippen LogP contribution in [0.15, 0.2) is 15.1 Å². The van der Waals surface area contributed by atoms with E-state index in [1.807, 2.05) is 0 Å². The minimum atomic E-state index is -1.23. The van der Waals surface area contributed by atoms with E-state index in [-0.39, 0.29) is 22.2 Å². The molecular weight excluding hydrogens is 224 g/mol. The van der Waals surface area contributed by atoms with Crippen LogP contribution >= 0.6 is 11.6 Å². The first-order valence-corrected chi connectivity index (χ1v) is 4.28. The minimum absolute atomic E-state index is 0.0342. The zero-order chi connectivity index (χ0) is 11.0. The summed E-state index contributed by atoms with van der Waals surface area (Å²) in [6.07, 6.45) is 1.35. The molecule has 78 valence electrons. The van der Waals surface area contributed by atoms with Crippen molar-refractivity contribution in [1.82, 2.24) is 10.1 Å². The Labute approximate surface area is 88.5 Å². The number of aryl methyl sites for hydroxylation is 1. The normalized spacial score (nSPS) is 10.5. The van der Waals surface area contributed by atoms with Gasteiger partial charge in [-0.2, -0.15) is 0 Å². The quantitative estimate of drug-likeness (QED) is 0.845. The first kappa shape index (κ1) is 9.72. The fraction of sp³-hybridized carbons (Fsp3) is 0.125. The van der Waals surface area contributed by atoms with E-state index < -0.39 is 5.97 Å². The highest BCUT2D eigenvalue weighted by atomic mass is 35.5. The van der Waals surface area contributed by atoms with E-state index >= 15 is 0 Å². The number of carbonyl (C=O) groups is 1. The van der Waals surface area contributed by atoms with Gasteiger partial charge in [0.05, 0.1) is 6.20 Å². The third-order valence-corrected chi connectivity index (χ3v) is 1.97. The van der Waals surface area contributed by atoms with Gasteiger partial charge < -0.3 is 14.0 Å². The fourth-order valence-electron chi connectivity index (χ4n) is 1.09. The van der Waals surface area contributed by atoms with Gasteiger partial charge >= 0.3 is 5.97 Å². The van der Waals surface area contributed by atoms with E-state index in [4.69, 9.17) is 25.6 Å². The third-order valence-electron chi connectivity index (χ3n) is 1.71. The Morgan fingerprint density at radius 2 is 2.33 bits per heavy atom. The number of hydrogen-bond donors (Lipinski definition) is 1. The molecule has 0 radical (unpaired) electrons. The number of aromatic nitrogens is 2. The van der Waals surface area contributed by atoms with Crippen molar-refractivity contribution in [3.63, 3.8) is 0 Å². The number of aromatic carboxylic acids is 1. The predicted octanol–water partition coefficient (Wildman–Crippen LogP) is 1.99. The molecule has 2 aromatic rings. The summed E-state index contributed by atoms with van der Waals surface area (Å²) in [7, 11) is 0. The number of carboxylic acids is 1. The Morgan fingerprint density at radius 3 is 2.87 bits per heavy atom. The first-order chi connectivity index (χ1) is 7.09. The van der Waals surface area contributed by atoms with Gasteiger partial charge in [-0.25, -0.2) is 9.78 Å². The number of rotatable bonds is 2. The van der Waals surface area contributed by atoms with Crippen LogP contribution in [0.3, 0.4) is 0 Å². The van der Waals surface area contributed by atoms with Crippen LogP contribution in [0.4, 0.5) is 0 Å². The van der Waals surface area contributed by atoms with Crippen LogP contribution in [0.25, 0.3) is 11.5 Å². The lowest BCUT2D eigenvalue weighted by Crippen LogP contribution is -1.96. The van der Waals surface area contributed by atoms with Gasteiger partial charge in [-0.15, -0.1) is 0 Å². The van der Waals surface area contributed by atoms with Crippen molar-refractivity contribution in [1.29, 1.82) is 0 Å². The van der Waals surface area contributed by atoms with Crippen LogP contribution in [0.1, 0.15) is 16.2 Å². The van der Waals surface area contributed by atoms with Crippen LogP contribution < -0.4 is 0 Å². The maximum atomic E-state index is 10.8. The van der Waals surface area contributed by atoms with E-state index in [0.717, 1.165) is 0 Å². The summed E-state index contributed by atoms with van der Waals surface area (Å²) in [5.41, 5.74) is -0.229. The van der Waals surface area contributed by atoms with Gasteiger partial charge in [0.25, 0.3) is 0 Å². The molecule has 0 amide bonds. The Morgan fingerprint density at radius 1 is 1.60 bits per heavy atom. The van der Waals surface area contributed by atoms with Crippen LogP contribution in [-0.4, -0.2) is 21.2 Å². The third kappa shape index (κ3) is 1.59. The second kappa shape index (κ2) is 3.39. The van der Waals surface area contributed by atoms with Gasteiger partial charge in [0.15, 0.2) is 16.8 Å². The average molecular weight is 229 g/mol. The monoisotopic (exact) mass is 228 g/mol. The molecule has 0 spiro atoms. The number of oxazole rings is 1. The van der Waals surface area contributed by atoms with Gasteiger partial charge in [-0.05, 0) is 0 Å². The number of carboxylic acid groups (broad SMARTS) is 1. The smallest absolute Gasteiger partial charge is 0.343 e. The lowest BCUT2D eigenvalue weighted by Gasteiger charge is -1.90. The predicted molar refractivity (Wildman–Crippen MR) is 48.7 cm³/mol. The highest BCUT2D eigenvalue weighted by Gasteiger charge is 2.24. The summed E-state index contributed by atoms with van der Waals surface area (Å²) >= 11 is 5.55. The minimum Gasteiger partial charge on any atom is -0.477 e. The van der Waals surface area contributed by atoms with Gasteiger partial charge in [0.2, 0.25) is 5.76 Å². The van der Waals surface area contributed by atoms with Gasteiger partial charge in [0.1, 0.15) is 5.56 Å². The molecule has 0 bridgehead atoms. The van der Waals surface area contributed by atoms with Crippen molar-refractivity contribution in [3.05, 3.63) is 22.8 Å². The molecule has 15 heavy (non-hydrogen) atoms. The second-order valence-electron chi connectivity index (χ2n) is 2.73. The lowest BCUT2D eigenvalue weighted by molar-refractivity contribution is 0.0697. The van der Waals surface area contributed by atoms with Gasteiger partial charge in [0, 0.05) is 6.92 Å². The molecule has 0 saturated heterocycles. The number of hydrogen-bond acceptors (Lipinski definition) is 5. The molecule has 0 aromatic carbocycles. The molecule has 0 aliphatic heterocycles. The number of nitrogens with zero attached hydrogens (tertiary/aromatic N) is 2. The Bertz CT molecular complexity index is 516. The molecule has 0 fully saturated rings. The van der Waals surface area contributed by atoms with E-state index in [9.17, 15) is 4.79 Å². The van der Waals surface area contributed by atoms with Crippen LogP contribution in [0.5, 0.6) is 0 Å². The van der Waals surface area contributed by atoms with Crippen molar-refractivity contribution < 1.29 is 18.8 Å². The van der Waals surface area contributed by atoms with E-state index in [2.05, 4.69) is 10.1 Å². The molecule has 7 heteroatoms. The molecule has 0 aliphatic carbocycles. The maximum Gasteiger partial charge on any atom is 0.343 e. The summed E-state index contributed by atoms with van der Waals surface area (Å²) < 4.78 is 9.87. The van der Waals surface area contributed by atoms with Gasteiger partial charge in [-0.3, -0.25) is 0 Å². The van der Waals surface area contributed by atoms with Gasteiger partial charge in [-0.1, -0.05) is 16.8 Å². The SMILES string of the molecule is Cc1ncc(-c2onc(Cl)c2C(=O)O)o1. The summed E-state index contributed by atoms with van der Waals surface area (Å²) in [4.78, 5) is 14.6. The molecule has 0 unspecified atom stereocenters. The Hall–Kier alpha value is -1.82. The summed E-state index contributed by atoms with van der Waals surface area (Å²) in [5.74, 6) is -0.684. The molecule has 2 rings (SSSR count). The Balaban J connectivity index is 2.58. The summed E-state index contributed by atoms with van der Waals surface area (Å²) in [5, 5.41) is 12.0. The maximum absolute atomic E-state index is 10.8. The van der Waals surface area contributed by atoms with E-state index in [0.29, 0.717) is 5.89 Å². The average Bonchev–Trinajstić information content (AvgIpc) is 2.71. The van der Waals surface area contributed by atoms with Crippen molar-refractivity contribution >= 4 is 17.6 Å². The molecule has 0 saturated carbocycles. The zero-order valence-electron chi connectivity index (χ0n) is 7.52. The topological polar surface area (TPSA) is 89.4 Å². The Kier molecular flexibility index (Phi) is 2.20. The summed E-state index contributed by atoms with van der Waals surface area (Å²) in [6, 6.07) is 0. The molecular formula is C8H5ClN2O4. The first-order valence-electron chi connectivity index (χ1n) is 3.91. The highest BCUT2D eigenvalue weighted by Crippen LogP contribution is 2.29. The molecule has 0 aliphatic rings. The standard InChI is InChI=1S/C8H5ClN2O4/c1-3-10-2-4(14-3)6-5(8(12)13)7(9)11-15-6/h2H,1H3,(H,12,13). The van der Waals surface area contributed by atoms with Crippen molar-refractivity contribution in [3.8, 4) is 11.5 Å². The zero-order valence-corrected chi connectivity index (χ0v) is 8.28. The van der Waals surface area contributed by atoms with Crippen LogP contribution in [0, 0.1) is 6.92 Å². The number of halogens is 1. The second-order valence-corrected chi connectivity index (χ2v) is 3.08.